The number of fused-ring (bicyclic) bond motifs is 2. The number of anilines is 1. The van der Waals surface area contributed by atoms with E-state index in [2.05, 4.69) is 30.0 Å². The first kappa shape index (κ1) is 43.3. The molecule has 0 bridgehead atoms. The second kappa shape index (κ2) is 19.1. The SMILES string of the molecule is O=C1CCC(N2C(=O)c3cccc(N4CCN(CC5CCN(C(=O)CN6CCC(SCc7nc8cc(OCC9CCOCC9)cc(F)c8c(=O)[nH]7)CC6)CC5)CC4)c3C2=O)C(=O)N1. The number of benzene rings is 2. The van der Waals surface area contributed by atoms with Crippen molar-refractivity contribution in [1.29, 1.82) is 0 Å². The van der Waals surface area contributed by atoms with Crippen molar-refractivity contribution >= 4 is 57.9 Å². The van der Waals surface area contributed by atoms with Crippen LogP contribution >= 0.6 is 11.8 Å². The molecule has 1 unspecified atom stereocenters. The molecule has 18 heteroatoms. The van der Waals surface area contributed by atoms with E-state index in [1.807, 2.05) is 11.0 Å². The van der Waals surface area contributed by atoms with Crippen molar-refractivity contribution < 1.29 is 37.8 Å². The zero-order valence-electron chi connectivity index (χ0n) is 35.5. The fourth-order valence-electron chi connectivity index (χ4n) is 9.91. The Kier molecular flexibility index (Phi) is 13.1. The van der Waals surface area contributed by atoms with Gasteiger partial charge in [0.2, 0.25) is 17.7 Å². The summed E-state index contributed by atoms with van der Waals surface area (Å²) in [5, 5.41) is 2.55. The number of hydrogen-bond acceptors (Lipinski definition) is 13. The van der Waals surface area contributed by atoms with E-state index in [0.717, 1.165) is 89.2 Å². The number of nitrogens with one attached hydrogen (secondary N) is 2. The Morgan fingerprint density at radius 3 is 2.37 bits per heavy atom. The molecule has 0 radical (unpaired) electrons. The number of carbonyl (C=O) groups is 5. The summed E-state index contributed by atoms with van der Waals surface area (Å²) in [5.41, 5.74) is 1.13. The average molecular weight is 887 g/mol. The Bertz CT molecular complexity index is 2300. The van der Waals surface area contributed by atoms with Gasteiger partial charge in [-0.15, -0.1) is 0 Å². The van der Waals surface area contributed by atoms with Crippen molar-refractivity contribution in [3.05, 3.63) is 63.5 Å². The Hall–Kier alpha value is -4.91. The minimum absolute atomic E-state index is 0.0592. The maximum Gasteiger partial charge on any atom is 0.264 e. The number of aromatic nitrogens is 2. The third kappa shape index (κ3) is 9.64. The van der Waals surface area contributed by atoms with Crippen LogP contribution in [-0.2, 0) is 24.9 Å². The minimum atomic E-state index is -0.995. The zero-order chi connectivity index (χ0) is 43.6. The van der Waals surface area contributed by atoms with Crippen LogP contribution in [0.25, 0.3) is 10.9 Å². The topological polar surface area (TPSA) is 178 Å². The Balaban J connectivity index is 0.688. The zero-order valence-corrected chi connectivity index (χ0v) is 36.3. The van der Waals surface area contributed by atoms with E-state index < -0.39 is 41.0 Å². The molecule has 2 N–H and O–H groups in total. The summed E-state index contributed by atoms with van der Waals surface area (Å²) in [5.74, 6) is -0.240. The molecule has 6 aliphatic rings. The molecule has 0 aliphatic carbocycles. The van der Waals surface area contributed by atoms with Crippen LogP contribution in [0.15, 0.2) is 35.1 Å². The molecular weight excluding hydrogens is 832 g/mol. The number of piperazine rings is 1. The number of carbonyl (C=O) groups excluding carboxylic acids is 5. The van der Waals surface area contributed by atoms with Crippen LogP contribution in [0.4, 0.5) is 10.1 Å². The molecule has 6 aliphatic heterocycles. The van der Waals surface area contributed by atoms with Gasteiger partial charge < -0.3 is 24.3 Å². The van der Waals surface area contributed by atoms with E-state index in [9.17, 15) is 33.2 Å². The predicted octanol–water partition coefficient (Wildman–Crippen LogP) is 3.03. The van der Waals surface area contributed by atoms with Crippen LogP contribution in [0.5, 0.6) is 5.75 Å². The number of hydrogen-bond donors (Lipinski definition) is 2. The molecule has 5 saturated heterocycles. The van der Waals surface area contributed by atoms with Crippen LogP contribution in [0.1, 0.15) is 77.9 Å². The van der Waals surface area contributed by atoms with Crippen molar-refractivity contribution in [3.63, 3.8) is 0 Å². The lowest BCUT2D eigenvalue weighted by Gasteiger charge is -2.40. The van der Waals surface area contributed by atoms with Crippen molar-refractivity contribution in [3.8, 4) is 5.75 Å². The van der Waals surface area contributed by atoms with Gasteiger partial charge in [-0.1, -0.05) is 6.07 Å². The van der Waals surface area contributed by atoms with Gasteiger partial charge >= 0.3 is 0 Å². The van der Waals surface area contributed by atoms with Gasteiger partial charge in [-0.05, 0) is 82.0 Å². The fraction of sp³-hybridized carbons (Fsp3) is 0.578. The highest BCUT2D eigenvalue weighted by atomic mass is 32.2. The largest absolute Gasteiger partial charge is 0.493 e. The lowest BCUT2D eigenvalue weighted by molar-refractivity contribution is -0.136. The molecule has 7 heterocycles. The lowest BCUT2D eigenvalue weighted by atomic mass is 9.95. The van der Waals surface area contributed by atoms with Gasteiger partial charge in [-0.3, -0.25) is 48.8 Å². The van der Waals surface area contributed by atoms with Crippen LogP contribution in [0.2, 0.25) is 0 Å². The number of imide groups is 2. The van der Waals surface area contributed by atoms with Crippen molar-refractivity contribution in [2.45, 2.75) is 68.4 Å². The molecule has 336 valence electrons. The molecule has 1 atom stereocenters. The monoisotopic (exact) mass is 886 g/mol. The normalized spacial score (nSPS) is 22.6. The van der Waals surface area contributed by atoms with Gasteiger partial charge in [0.05, 0.1) is 41.2 Å². The third-order valence-corrected chi connectivity index (χ3v) is 15.0. The highest BCUT2D eigenvalue weighted by molar-refractivity contribution is 7.99. The number of thioether (sulfide) groups is 1. The summed E-state index contributed by atoms with van der Waals surface area (Å²) < 4.78 is 26.3. The first-order valence-corrected chi connectivity index (χ1v) is 23.5. The number of amides is 5. The summed E-state index contributed by atoms with van der Waals surface area (Å²) in [6, 6.07) is 7.19. The maximum absolute atomic E-state index is 15.0. The highest BCUT2D eigenvalue weighted by Crippen LogP contribution is 2.35. The summed E-state index contributed by atoms with van der Waals surface area (Å²) in [4.78, 5) is 94.7. The summed E-state index contributed by atoms with van der Waals surface area (Å²) >= 11 is 1.73. The molecule has 5 amide bonds. The summed E-state index contributed by atoms with van der Waals surface area (Å²) in [6.07, 6.45) is 5.76. The number of nitrogens with zero attached hydrogens (tertiary/aromatic N) is 6. The predicted molar refractivity (Wildman–Crippen MR) is 233 cm³/mol. The number of halogens is 1. The van der Waals surface area contributed by atoms with Crippen molar-refractivity contribution in [1.82, 2.24) is 34.9 Å². The van der Waals surface area contributed by atoms with E-state index in [-0.39, 0.29) is 24.1 Å². The van der Waals surface area contributed by atoms with E-state index in [1.54, 1.807) is 30.0 Å². The van der Waals surface area contributed by atoms with Gasteiger partial charge in [0.1, 0.15) is 28.8 Å². The van der Waals surface area contributed by atoms with E-state index in [1.165, 1.54) is 6.07 Å². The highest BCUT2D eigenvalue weighted by Gasteiger charge is 2.46. The smallest absolute Gasteiger partial charge is 0.264 e. The van der Waals surface area contributed by atoms with Crippen LogP contribution < -0.4 is 20.5 Å². The summed E-state index contributed by atoms with van der Waals surface area (Å²) in [6.45, 7) is 9.37. The summed E-state index contributed by atoms with van der Waals surface area (Å²) in [7, 11) is 0. The molecule has 0 saturated carbocycles. The second-order valence-electron chi connectivity index (χ2n) is 17.7. The molecule has 63 heavy (non-hydrogen) atoms. The van der Waals surface area contributed by atoms with Gasteiger partial charge in [0.25, 0.3) is 17.4 Å². The van der Waals surface area contributed by atoms with Gasteiger partial charge in [0.15, 0.2) is 0 Å². The van der Waals surface area contributed by atoms with Crippen LogP contribution in [-0.4, -0.2) is 156 Å². The lowest BCUT2D eigenvalue weighted by Crippen LogP contribution is -2.54. The number of aromatic amines is 1. The van der Waals surface area contributed by atoms with Crippen LogP contribution in [0, 0.1) is 17.7 Å². The molecule has 16 nitrogen and oxygen atoms in total. The standard InChI is InChI=1S/C45H55FN8O8S/c46-33-22-30(62-26-29-10-20-61-21-11-29)23-34-41(33)43(58)48-37(47-34)27-63-31-8-12-50(13-9-31)25-39(56)53-14-6-28(7-15-53)24-51-16-18-52(19-17-51)35-3-1-2-32-40(35)45(60)54(44(32)59)36-4-5-38(55)49-42(36)57/h1-3,22-23,28-29,31,36H,4-21,24-27H2,(H,47,48,58)(H,49,55,57). The Morgan fingerprint density at radius 2 is 1.62 bits per heavy atom. The molecule has 0 spiro atoms. The Morgan fingerprint density at radius 1 is 0.857 bits per heavy atom. The molecule has 9 rings (SSSR count). The van der Waals surface area contributed by atoms with Gasteiger partial charge in [0, 0.05) is 82.8 Å². The maximum atomic E-state index is 15.0. The molecular formula is C45H55FN8O8S. The van der Waals surface area contributed by atoms with Gasteiger partial charge in [-0.25, -0.2) is 9.37 Å². The average Bonchev–Trinajstić information content (AvgIpc) is 3.54. The Labute approximate surface area is 369 Å². The molecule has 1 aromatic heterocycles. The third-order valence-electron chi connectivity index (χ3n) is 13.6. The minimum Gasteiger partial charge on any atom is -0.493 e. The van der Waals surface area contributed by atoms with Gasteiger partial charge in [-0.2, -0.15) is 11.8 Å². The molecule has 5 fully saturated rings. The van der Waals surface area contributed by atoms with E-state index >= 15 is 0 Å². The first-order valence-electron chi connectivity index (χ1n) is 22.4. The number of piperidine rings is 3. The number of likely N-dealkylation sites (tertiary alicyclic amines) is 2. The van der Waals surface area contributed by atoms with E-state index in [4.69, 9.17) is 9.47 Å². The van der Waals surface area contributed by atoms with Crippen molar-refractivity contribution in [2.75, 3.05) is 90.2 Å². The number of ether oxygens (including phenoxy) is 2. The van der Waals surface area contributed by atoms with E-state index in [0.29, 0.717) is 96.2 Å². The van der Waals surface area contributed by atoms with Crippen molar-refractivity contribution in [2.24, 2.45) is 11.8 Å². The molecule has 3 aromatic rings. The number of rotatable bonds is 12. The number of H-pyrrole nitrogens is 1. The molecule has 2 aromatic carbocycles. The quantitative estimate of drug-likeness (QED) is 0.254. The fourth-order valence-corrected chi connectivity index (χ4v) is 11.0. The first-order chi connectivity index (χ1) is 30.6. The second-order valence-corrected chi connectivity index (χ2v) is 19.0. The van der Waals surface area contributed by atoms with Crippen LogP contribution in [0.3, 0.4) is 0 Å².